The molecule has 1 aliphatic heterocycles. The van der Waals surface area contributed by atoms with Crippen LogP contribution in [0.25, 0.3) is 0 Å². The number of nitrogens with one attached hydrogen (secondary N) is 1. The molecule has 100 valence electrons. The number of hydrogen-bond donors (Lipinski definition) is 3. The molecule has 2 rings (SSSR count). The third-order valence-electron chi connectivity index (χ3n) is 3.25. The number of carbonyl (C=O) groups is 1. The smallest absolute Gasteiger partial charge is 0.275 e. The molecule has 1 aromatic heterocycles. The van der Waals surface area contributed by atoms with Crippen molar-refractivity contribution in [2.24, 2.45) is 5.84 Å². The van der Waals surface area contributed by atoms with E-state index < -0.39 is 0 Å². The molecule has 0 aromatic carbocycles. The number of hydrogen-bond acceptors (Lipinski definition) is 5. The molecule has 1 atom stereocenters. The number of β-amino-alcohol motifs (C(OH)–C–C–N with tert-alkyl or cyclic N) is 1. The molecule has 1 saturated heterocycles. The number of rotatable bonds is 3. The number of hydrazine groups is 1. The first-order valence-electron chi connectivity index (χ1n) is 6.11. The number of thiophene rings is 1. The summed E-state index contributed by atoms with van der Waals surface area (Å²) in [4.78, 5) is 15.4. The van der Waals surface area contributed by atoms with Gasteiger partial charge in [-0.05, 0) is 37.9 Å². The quantitative estimate of drug-likeness (QED) is 0.427. The number of aliphatic hydroxyl groups is 1. The van der Waals surface area contributed by atoms with Crippen LogP contribution in [0, 0.1) is 6.92 Å². The van der Waals surface area contributed by atoms with Crippen LogP contribution in [0.2, 0.25) is 0 Å². The molecule has 1 unspecified atom stereocenters. The zero-order chi connectivity index (χ0) is 13.1. The molecule has 1 aliphatic rings. The van der Waals surface area contributed by atoms with Gasteiger partial charge in [-0.15, -0.1) is 11.3 Å². The second-order valence-electron chi connectivity index (χ2n) is 4.70. The van der Waals surface area contributed by atoms with Crippen molar-refractivity contribution < 1.29 is 9.90 Å². The van der Waals surface area contributed by atoms with E-state index in [9.17, 15) is 9.90 Å². The fraction of sp³-hybridized carbons (Fsp3) is 0.583. The Bertz CT molecular complexity index is 433. The molecule has 18 heavy (non-hydrogen) atoms. The fourth-order valence-corrected chi connectivity index (χ4v) is 3.21. The van der Waals surface area contributed by atoms with Crippen LogP contribution in [0.15, 0.2) is 6.07 Å². The summed E-state index contributed by atoms with van der Waals surface area (Å²) in [5.74, 6) is 4.89. The molecular weight excluding hydrogens is 250 g/mol. The van der Waals surface area contributed by atoms with Crippen LogP contribution in [0.1, 0.15) is 33.0 Å². The predicted octanol–water partition coefficient (Wildman–Crippen LogP) is 0.617. The number of aliphatic hydroxyl groups excluding tert-OH is 1. The van der Waals surface area contributed by atoms with E-state index in [2.05, 4.69) is 10.3 Å². The highest BCUT2D eigenvalue weighted by atomic mass is 32.1. The van der Waals surface area contributed by atoms with E-state index in [4.69, 9.17) is 5.84 Å². The first-order valence-corrected chi connectivity index (χ1v) is 6.92. The Labute approximate surface area is 111 Å². The molecule has 1 amide bonds. The summed E-state index contributed by atoms with van der Waals surface area (Å²) in [7, 11) is 0. The molecule has 1 aromatic rings. The largest absolute Gasteiger partial charge is 0.392 e. The molecule has 6 heteroatoms. The van der Waals surface area contributed by atoms with E-state index in [0.29, 0.717) is 11.4 Å². The summed E-state index contributed by atoms with van der Waals surface area (Å²) in [5, 5.41) is 9.64. The number of nitrogen functional groups attached to an aromatic ring is 1. The van der Waals surface area contributed by atoms with Gasteiger partial charge < -0.3 is 5.11 Å². The molecule has 0 saturated carbocycles. The van der Waals surface area contributed by atoms with Crippen LogP contribution in [0.3, 0.4) is 0 Å². The Morgan fingerprint density at radius 1 is 1.72 bits per heavy atom. The number of carbonyl (C=O) groups excluding carboxylic acids is 1. The van der Waals surface area contributed by atoms with Gasteiger partial charge in [0.25, 0.3) is 5.91 Å². The van der Waals surface area contributed by atoms with Gasteiger partial charge in [-0.25, -0.2) is 5.84 Å². The Balaban J connectivity index is 2.04. The standard InChI is InChI=1S/C12H19N3O2S/c1-8-9(5-11(18-8)12(17)14-13)6-15-4-2-3-10(16)7-15/h5,10,16H,2-4,6-7,13H2,1H3,(H,14,17). The van der Waals surface area contributed by atoms with Gasteiger partial charge in [-0.1, -0.05) is 0 Å². The highest BCUT2D eigenvalue weighted by Crippen LogP contribution is 2.24. The lowest BCUT2D eigenvalue weighted by Crippen LogP contribution is -2.37. The van der Waals surface area contributed by atoms with E-state index in [1.165, 1.54) is 11.3 Å². The van der Waals surface area contributed by atoms with Crippen molar-refractivity contribution in [1.29, 1.82) is 0 Å². The molecule has 5 nitrogen and oxygen atoms in total. The summed E-state index contributed by atoms with van der Waals surface area (Å²) < 4.78 is 0. The molecule has 0 radical (unpaired) electrons. The van der Waals surface area contributed by atoms with E-state index in [0.717, 1.165) is 36.4 Å². The van der Waals surface area contributed by atoms with E-state index in [1.807, 2.05) is 13.0 Å². The minimum atomic E-state index is -0.243. The van der Waals surface area contributed by atoms with Gasteiger partial charge >= 0.3 is 0 Å². The zero-order valence-electron chi connectivity index (χ0n) is 10.5. The summed E-state index contributed by atoms with van der Waals surface area (Å²) >= 11 is 1.46. The van der Waals surface area contributed by atoms with Gasteiger partial charge in [0.1, 0.15) is 0 Å². The van der Waals surface area contributed by atoms with Crippen molar-refractivity contribution in [2.45, 2.75) is 32.4 Å². The van der Waals surface area contributed by atoms with Gasteiger partial charge in [-0.3, -0.25) is 15.1 Å². The maximum Gasteiger partial charge on any atom is 0.275 e. The number of nitrogens with two attached hydrogens (primary N) is 1. The molecule has 0 aliphatic carbocycles. The lowest BCUT2D eigenvalue weighted by Gasteiger charge is -2.29. The summed E-state index contributed by atoms with van der Waals surface area (Å²) in [6, 6.07) is 1.89. The first kappa shape index (κ1) is 13.5. The van der Waals surface area contributed by atoms with Crippen molar-refractivity contribution in [1.82, 2.24) is 10.3 Å². The van der Waals surface area contributed by atoms with Gasteiger partial charge in [-0.2, -0.15) is 0 Å². The number of piperidine rings is 1. The van der Waals surface area contributed by atoms with Gasteiger partial charge in [0.15, 0.2) is 0 Å². The third kappa shape index (κ3) is 3.08. The van der Waals surface area contributed by atoms with E-state index in [1.54, 1.807) is 0 Å². The lowest BCUT2D eigenvalue weighted by atomic mass is 10.1. The monoisotopic (exact) mass is 269 g/mol. The SMILES string of the molecule is Cc1sc(C(=O)NN)cc1CN1CCCC(O)C1. The highest BCUT2D eigenvalue weighted by Gasteiger charge is 2.19. The van der Waals surface area contributed by atoms with Crippen LogP contribution in [-0.4, -0.2) is 35.1 Å². The Morgan fingerprint density at radius 3 is 3.17 bits per heavy atom. The number of aryl methyl sites for hydroxylation is 1. The first-order chi connectivity index (χ1) is 8.60. The predicted molar refractivity (Wildman–Crippen MR) is 71.2 cm³/mol. The average molecular weight is 269 g/mol. The van der Waals surface area contributed by atoms with E-state index in [-0.39, 0.29) is 12.0 Å². The van der Waals surface area contributed by atoms with Gasteiger partial charge in [0.05, 0.1) is 11.0 Å². The van der Waals surface area contributed by atoms with Crippen LogP contribution < -0.4 is 11.3 Å². The molecule has 4 N–H and O–H groups in total. The summed E-state index contributed by atoms with van der Waals surface area (Å²) in [5.41, 5.74) is 3.30. The Morgan fingerprint density at radius 2 is 2.50 bits per heavy atom. The minimum absolute atomic E-state index is 0.218. The summed E-state index contributed by atoms with van der Waals surface area (Å²) in [6.45, 7) is 4.52. The maximum absolute atomic E-state index is 11.4. The number of likely N-dealkylation sites (tertiary alicyclic amines) is 1. The normalized spacial score (nSPS) is 20.9. The number of amides is 1. The van der Waals surface area contributed by atoms with Crippen molar-refractivity contribution in [3.63, 3.8) is 0 Å². The summed E-state index contributed by atoms with van der Waals surface area (Å²) in [6.07, 6.45) is 1.70. The minimum Gasteiger partial charge on any atom is -0.392 e. The lowest BCUT2D eigenvalue weighted by molar-refractivity contribution is 0.0668. The number of nitrogens with zero attached hydrogens (tertiary/aromatic N) is 1. The Hall–Kier alpha value is -0.950. The third-order valence-corrected chi connectivity index (χ3v) is 4.34. The molecule has 1 fully saturated rings. The van der Waals surface area contributed by atoms with Crippen molar-refractivity contribution >= 4 is 17.2 Å². The van der Waals surface area contributed by atoms with Crippen LogP contribution >= 0.6 is 11.3 Å². The molecule has 0 bridgehead atoms. The van der Waals surface area contributed by atoms with E-state index >= 15 is 0 Å². The van der Waals surface area contributed by atoms with Crippen LogP contribution in [0.4, 0.5) is 0 Å². The van der Waals surface area contributed by atoms with Crippen molar-refractivity contribution in [2.75, 3.05) is 13.1 Å². The second kappa shape index (κ2) is 5.79. The Kier molecular flexibility index (Phi) is 4.34. The van der Waals surface area contributed by atoms with Gasteiger partial charge in [0, 0.05) is 18.0 Å². The topological polar surface area (TPSA) is 78.6 Å². The molecular formula is C12H19N3O2S. The highest BCUT2D eigenvalue weighted by molar-refractivity contribution is 7.14. The second-order valence-corrected chi connectivity index (χ2v) is 5.95. The molecule has 2 heterocycles. The zero-order valence-corrected chi connectivity index (χ0v) is 11.3. The average Bonchev–Trinajstić information content (AvgIpc) is 2.70. The van der Waals surface area contributed by atoms with Gasteiger partial charge in [0.2, 0.25) is 0 Å². The fourth-order valence-electron chi connectivity index (χ4n) is 2.28. The van der Waals surface area contributed by atoms with Crippen LogP contribution in [0.5, 0.6) is 0 Å². The van der Waals surface area contributed by atoms with Crippen LogP contribution in [-0.2, 0) is 6.54 Å². The molecule has 0 spiro atoms. The van der Waals surface area contributed by atoms with Crippen molar-refractivity contribution in [3.8, 4) is 0 Å². The maximum atomic E-state index is 11.4. The van der Waals surface area contributed by atoms with Crippen molar-refractivity contribution in [3.05, 3.63) is 21.4 Å².